The standard InChI is InChI=1S/C12H13F2N3O2S/c13-9-1-2-12(14)8(3-9)6-17-20(18,19)11-4-10(5-15)16-7-11/h1-4,7,16-17H,5-6,15H2. The first-order valence-electron chi connectivity index (χ1n) is 5.73. The first-order chi connectivity index (χ1) is 9.42. The minimum atomic E-state index is -3.80. The van der Waals surface area contributed by atoms with Crippen LogP contribution in [0.5, 0.6) is 0 Å². The van der Waals surface area contributed by atoms with Crippen LogP contribution in [0.1, 0.15) is 11.3 Å². The molecule has 5 nitrogen and oxygen atoms in total. The lowest BCUT2D eigenvalue weighted by Gasteiger charge is -2.06. The number of rotatable bonds is 5. The molecular weight excluding hydrogens is 288 g/mol. The molecule has 0 aliphatic rings. The van der Waals surface area contributed by atoms with E-state index in [4.69, 9.17) is 5.73 Å². The molecule has 2 rings (SSSR count). The van der Waals surface area contributed by atoms with Crippen LogP contribution in [-0.2, 0) is 23.1 Å². The fraction of sp³-hybridized carbons (Fsp3) is 0.167. The Labute approximate surface area is 114 Å². The summed E-state index contributed by atoms with van der Waals surface area (Å²) < 4.78 is 52.4. The molecule has 108 valence electrons. The molecule has 0 saturated heterocycles. The molecule has 0 atom stereocenters. The van der Waals surface area contributed by atoms with E-state index in [0.29, 0.717) is 5.69 Å². The zero-order valence-corrected chi connectivity index (χ0v) is 11.2. The lowest BCUT2D eigenvalue weighted by molar-refractivity contribution is 0.567. The van der Waals surface area contributed by atoms with Gasteiger partial charge in [-0.1, -0.05) is 0 Å². The summed E-state index contributed by atoms with van der Waals surface area (Å²) in [5, 5.41) is 0. The predicted octanol–water partition coefficient (Wildman–Crippen LogP) is 1.23. The minimum absolute atomic E-state index is 0.00485. The summed E-state index contributed by atoms with van der Waals surface area (Å²) >= 11 is 0. The van der Waals surface area contributed by atoms with Gasteiger partial charge in [0.1, 0.15) is 11.6 Å². The van der Waals surface area contributed by atoms with Crippen LogP contribution in [0.3, 0.4) is 0 Å². The molecule has 0 aliphatic carbocycles. The number of aromatic nitrogens is 1. The monoisotopic (exact) mass is 301 g/mol. The lowest BCUT2D eigenvalue weighted by atomic mass is 10.2. The largest absolute Gasteiger partial charge is 0.363 e. The summed E-state index contributed by atoms with van der Waals surface area (Å²) in [4.78, 5) is 2.70. The van der Waals surface area contributed by atoms with E-state index in [1.807, 2.05) is 0 Å². The second kappa shape index (κ2) is 5.70. The number of halogens is 2. The number of benzene rings is 1. The first kappa shape index (κ1) is 14.6. The van der Waals surface area contributed by atoms with Crippen LogP contribution in [0.25, 0.3) is 0 Å². The fourth-order valence-corrected chi connectivity index (χ4v) is 2.65. The predicted molar refractivity (Wildman–Crippen MR) is 69.1 cm³/mol. The zero-order valence-electron chi connectivity index (χ0n) is 10.4. The van der Waals surface area contributed by atoms with Gasteiger partial charge in [0.25, 0.3) is 0 Å². The molecule has 0 unspecified atom stereocenters. The second-order valence-electron chi connectivity index (χ2n) is 4.13. The molecule has 2 aromatic rings. The topological polar surface area (TPSA) is 88.0 Å². The number of aromatic amines is 1. The average molecular weight is 301 g/mol. The number of hydrogen-bond donors (Lipinski definition) is 3. The minimum Gasteiger partial charge on any atom is -0.363 e. The number of hydrogen-bond acceptors (Lipinski definition) is 3. The van der Waals surface area contributed by atoms with Gasteiger partial charge >= 0.3 is 0 Å². The highest BCUT2D eigenvalue weighted by atomic mass is 32.2. The third-order valence-corrected chi connectivity index (χ3v) is 4.09. The molecule has 0 fully saturated rings. The van der Waals surface area contributed by atoms with Crippen LogP contribution in [0.15, 0.2) is 35.4 Å². The molecule has 1 heterocycles. The van der Waals surface area contributed by atoms with Crippen LogP contribution in [0.4, 0.5) is 8.78 Å². The highest BCUT2D eigenvalue weighted by Gasteiger charge is 2.16. The van der Waals surface area contributed by atoms with Crippen molar-refractivity contribution in [3.63, 3.8) is 0 Å². The van der Waals surface area contributed by atoms with Gasteiger partial charge in [-0.15, -0.1) is 0 Å². The number of nitrogens with one attached hydrogen (secondary N) is 2. The molecule has 1 aromatic heterocycles. The summed E-state index contributed by atoms with van der Waals surface area (Å²) in [5.74, 6) is -1.31. The Morgan fingerprint density at radius 3 is 2.65 bits per heavy atom. The van der Waals surface area contributed by atoms with Crippen molar-refractivity contribution in [1.29, 1.82) is 0 Å². The van der Waals surface area contributed by atoms with Gasteiger partial charge in [-0.25, -0.2) is 21.9 Å². The van der Waals surface area contributed by atoms with E-state index in [1.165, 1.54) is 12.3 Å². The SMILES string of the molecule is NCc1cc(S(=O)(=O)NCc2cc(F)ccc2F)c[nH]1. The van der Waals surface area contributed by atoms with Gasteiger partial charge < -0.3 is 10.7 Å². The van der Waals surface area contributed by atoms with Crippen molar-refractivity contribution in [2.45, 2.75) is 18.0 Å². The molecule has 0 amide bonds. The number of nitrogens with two attached hydrogens (primary N) is 1. The molecule has 0 saturated carbocycles. The van der Waals surface area contributed by atoms with Crippen molar-refractivity contribution in [3.8, 4) is 0 Å². The van der Waals surface area contributed by atoms with Gasteiger partial charge in [0.2, 0.25) is 10.0 Å². The maximum absolute atomic E-state index is 13.4. The summed E-state index contributed by atoms with van der Waals surface area (Å²) in [6.45, 7) is -0.164. The Morgan fingerprint density at radius 2 is 2.00 bits per heavy atom. The maximum atomic E-state index is 13.4. The van der Waals surface area contributed by atoms with E-state index in [2.05, 4.69) is 9.71 Å². The molecule has 4 N–H and O–H groups in total. The van der Waals surface area contributed by atoms with Crippen molar-refractivity contribution in [2.24, 2.45) is 5.73 Å². The Hall–Kier alpha value is -1.77. The van der Waals surface area contributed by atoms with E-state index in [0.717, 1.165) is 18.2 Å². The van der Waals surface area contributed by atoms with Crippen LogP contribution < -0.4 is 10.5 Å². The molecule has 1 aromatic carbocycles. The first-order valence-corrected chi connectivity index (χ1v) is 7.21. The molecular formula is C12H13F2N3O2S. The molecule has 8 heteroatoms. The van der Waals surface area contributed by atoms with E-state index in [1.54, 1.807) is 0 Å². The average Bonchev–Trinajstić information content (AvgIpc) is 2.89. The summed E-state index contributed by atoms with van der Waals surface area (Å²) in [6, 6.07) is 4.24. The van der Waals surface area contributed by atoms with E-state index in [9.17, 15) is 17.2 Å². The van der Waals surface area contributed by atoms with Crippen molar-refractivity contribution in [1.82, 2.24) is 9.71 Å². The highest BCUT2D eigenvalue weighted by molar-refractivity contribution is 7.89. The van der Waals surface area contributed by atoms with Gasteiger partial charge in [0.15, 0.2) is 0 Å². The Balaban J connectivity index is 2.15. The summed E-state index contributed by atoms with van der Waals surface area (Å²) in [5.41, 5.74) is 5.86. The highest BCUT2D eigenvalue weighted by Crippen LogP contribution is 2.13. The molecule has 0 spiro atoms. The number of H-pyrrole nitrogens is 1. The summed E-state index contributed by atoms with van der Waals surface area (Å²) in [7, 11) is -3.80. The van der Waals surface area contributed by atoms with Crippen molar-refractivity contribution >= 4 is 10.0 Å². The third kappa shape index (κ3) is 3.21. The number of sulfonamides is 1. The van der Waals surface area contributed by atoms with Crippen molar-refractivity contribution in [2.75, 3.05) is 0 Å². The normalized spacial score (nSPS) is 11.8. The second-order valence-corrected chi connectivity index (χ2v) is 5.89. The Bertz CT molecular complexity index is 713. The zero-order chi connectivity index (χ0) is 14.8. The molecule has 20 heavy (non-hydrogen) atoms. The van der Waals surface area contributed by atoms with Crippen molar-refractivity contribution in [3.05, 3.63) is 53.4 Å². The third-order valence-electron chi connectivity index (χ3n) is 2.71. The van der Waals surface area contributed by atoms with Gasteiger partial charge in [0, 0.05) is 30.5 Å². The van der Waals surface area contributed by atoms with Crippen molar-refractivity contribution < 1.29 is 17.2 Å². The smallest absolute Gasteiger partial charge is 0.242 e. The van der Waals surface area contributed by atoms with Crippen LogP contribution in [-0.4, -0.2) is 13.4 Å². The summed E-state index contributed by atoms with van der Waals surface area (Å²) in [6.07, 6.45) is 1.28. The van der Waals surface area contributed by atoms with Gasteiger partial charge in [-0.2, -0.15) is 0 Å². The quantitative estimate of drug-likeness (QED) is 0.776. The molecule has 0 bridgehead atoms. The van der Waals surface area contributed by atoms with E-state index < -0.39 is 21.7 Å². The van der Waals surface area contributed by atoms with Gasteiger partial charge in [-0.05, 0) is 24.3 Å². The lowest BCUT2D eigenvalue weighted by Crippen LogP contribution is -2.23. The molecule has 0 radical (unpaired) electrons. The Morgan fingerprint density at radius 1 is 1.25 bits per heavy atom. The maximum Gasteiger partial charge on any atom is 0.242 e. The van der Waals surface area contributed by atoms with E-state index in [-0.39, 0.29) is 23.5 Å². The van der Waals surface area contributed by atoms with E-state index >= 15 is 0 Å². The van der Waals surface area contributed by atoms with Crippen LogP contribution in [0.2, 0.25) is 0 Å². The van der Waals surface area contributed by atoms with Crippen LogP contribution in [0, 0.1) is 11.6 Å². The van der Waals surface area contributed by atoms with Gasteiger partial charge in [-0.3, -0.25) is 0 Å². The van der Waals surface area contributed by atoms with Gasteiger partial charge in [0.05, 0.1) is 4.90 Å². The Kier molecular flexibility index (Phi) is 4.17. The van der Waals surface area contributed by atoms with Crippen LogP contribution >= 0.6 is 0 Å². The fourth-order valence-electron chi connectivity index (χ4n) is 1.63. The molecule has 0 aliphatic heterocycles.